The third-order valence-electron chi connectivity index (χ3n) is 4.46. The van der Waals surface area contributed by atoms with Crippen LogP contribution in [0.5, 0.6) is 0 Å². The van der Waals surface area contributed by atoms with Crippen LogP contribution in [0, 0.1) is 0 Å². The summed E-state index contributed by atoms with van der Waals surface area (Å²) in [6, 6.07) is 1.50. The topological polar surface area (TPSA) is 45.2 Å². The van der Waals surface area contributed by atoms with Crippen LogP contribution in [0.15, 0.2) is 54.5 Å². The fourth-order valence-corrected chi connectivity index (χ4v) is 3.94. The fraction of sp³-hybridized carbons (Fsp3) is 0.238. The SMILES string of the molecule is C=C/C(C)=C\C=C(/C)N1C=Cc2c(sc3nccc(NCC(F)(F)F)c23)C(=O)C1. The lowest BCUT2D eigenvalue weighted by Crippen LogP contribution is -2.22. The van der Waals surface area contributed by atoms with E-state index in [2.05, 4.69) is 16.9 Å². The van der Waals surface area contributed by atoms with Gasteiger partial charge in [-0.2, -0.15) is 13.2 Å². The number of rotatable bonds is 5. The number of Topliss-reactive ketones (excluding diaryl/α,β-unsaturated/α-hetero) is 1. The summed E-state index contributed by atoms with van der Waals surface area (Å²) in [6.07, 6.45) is 6.17. The Bertz CT molecular complexity index is 1050. The van der Waals surface area contributed by atoms with Gasteiger partial charge in [0.1, 0.15) is 11.4 Å². The van der Waals surface area contributed by atoms with Crippen LogP contribution in [0.2, 0.25) is 0 Å². The number of alkyl halides is 3. The molecule has 152 valence electrons. The van der Waals surface area contributed by atoms with E-state index in [4.69, 9.17) is 0 Å². The van der Waals surface area contributed by atoms with Crippen molar-refractivity contribution in [3.8, 4) is 0 Å². The van der Waals surface area contributed by atoms with Crippen LogP contribution in [0.1, 0.15) is 29.1 Å². The molecule has 2 aromatic rings. The van der Waals surface area contributed by atoms with E-state index in [-0.39, 0.29) is 12.3 Å². The highest BCUT2D eigenvalue weighted by Crippen LogP contribution is 2.38. The van der Waals surface area contributed by atoms with Crippen LogP contribution in [-0.2, 0) is 0 Å². The van der Waals surface area contributed by atoms with Crippen molar-refractivity contribution in [3.05, 3.63) is 65.0 Å². The molecule has 0 spiro atoms. The zero-order valence-electron chi connectivity index (χ0n) is 16.0. The molecule has 2 aromatic heterocycles. The van der Waals surface area contributed by atoms with E-state index in [9.17, 15) is 18.0 Å². The van der Waals surface area contributed by atoms with Gasteiger partial charge in [0.15, 0.2) is 5.78 Å². The van der Waals surface area contributed by atoms with Crippen LogP contribution >= 0.6 is 11.3 Å². The molecule has 0 atom stereocenters. The van der Waals surface area contributed by atoms with Crippen molar-refractivity contribution in [1.82, 2.24) is 9.88 Å². The van der Waals surface area contributed by atoms with Gasteiger partial charge in [0.05, 0.1) is 11.4 Å². The van der Waals surface area contributed by atoms with Gasteiger partial charge in [-0.05, 0) is 32.1 Å². The minimum absolute atomic E-state index is 0.105. The number of hydrogen-bond donors (Lipinski definition) is 1. The molecular formula is C21H20F3N3OS. The van der Waals surface area contributed by atoms with Crippen LogP contribution in [0.3, 0.4) is 0 Å². The zero-order valence-corrected chi connectivity index (χ0v) is 16.8. The highest BCUT2D eigenvalue weighted by atomic mass is 32.1. The smallest absolute Gasteiger partial charge is 0.376 e. The molecule has 0 saturated heterocycles. The average Bonchev–Trinajstić information content (AvgIpc) is 2.97. The lowest BCUT2D eigenvalue weighted by molar-refractivity contribution is -0.115. The summed E-state index contributed by atoms with van der Waals surface area (Å²) in [4.78, 5) is 19.9. The maximum absolute atomic E-state index is 12.9. The number of nitrogens with one attached hydrogen (secondary N) is 1. The van der Waals surface area contributed by atoms with Gasteiger partial charge in [-0.15, -0.1) is 11.3 Å². The van der Waals surface area contributed by atoms with Crippen molar-refractivity contribution in [2.24, 2.45) is 0 Å². The normalized spacial score (nSPS) is 15.5. The van der Waals surface area contributed by atoms with Crippen LogP contribution in [0.25, 0.3) is 16.3 Å². The van der Waals surface area contributed by atoms with Crippen molar-refractivity contribution in [2.75, 3.05) is 18.4 Å². The quantitative estimate of drug-likeness (QED) is 0.625. The number of carbonyl (C=O) groups excluding carboxylic acids is 1. The van der Waals surface area contributed by atoms with Gasteiger partial charge in [-0.1, -0.05) is 24.3 Å². The number of carbonyl (C=O) groups is 1. The number of allylic oxidation sites excluding steroid dienone is 5. The number of halogens is 3. The molecular weight excluding hydrogens is 399 g/mol. The molecule has 1 aliphatic rings. The summed E-state index contributed by atoms with van der Waals surface area (Å²) in [6.45, 7) is 6.51. The summed E-state index contributed by atoms with van der Waals surface area (Å²) in [7, 11) is 0. The molecule has 3 rings (SSSR count). The molecule has 0 aromatic carbocycles. The van der Waals surface area contributed by atoms with Crippen LogP contribution in [-0.4, -0.2) is 34.9 Å². The van der Waals surface area contributed by atoms with E-state index in [1.54, 1.807) is 18.4 Å². The van der Waals surface area contributed by atoms with E-state index >= 15 is 0 Å². The Labute approximate surface area is 170 Å². The van der Waals surface area contributed by atoms with Gasteiger partial charge in [-0.3, -0.25) is 4.79 Å². The molecule has 0 bridgehead atoms. The first-order valence-electron chi connectivity index (χ1n) is 8.87. The molecule has 0 saturated carbocycles. The summed E-state index contributed by atoms with van der Waals surface area (Å²) in [5.74, 6) is -0.105. The monoisotopic (exact) mass is 419 g/mol. The number of anilines is 1. The van der Waals surface area contributed by atoms with Crippen LogP contribution in [0.4, 0.5) is 18.9 Å². The molecule has 0 radical (unpaired) electrons. The number of ketones is 1. The van der Waals surface area contributed by atoms with Crippen molar-refractivity contribution < 1.29 is 18.0 Å². The number of nitrogens with zero attached hydrogens (tertiary/aromatic N) is 2. The third-order valence-corrected chi connectivity index (χ3v) is 5.61. The van der Waals surface area contributed by atoms with Gasteiger partial charge < -0.3 is 10.2 Å². The minimum Gasteiger partial charge on any atom is -0.376 e. The minimum atomic E-state index is -4.34. The van der Waals surface area contributed by atoms with E-state index in [0.717, 1.165) is 11.3 Å². The number of pyridine rings is 1. The first-order chi connectivity index (χ1) is 13.7. The Morgan fingerprint density at radius 1 is 1.38 bits per heavy atom. The van der Waals surface area contributed by atoms with Crippen LogP contribution < -0.4 is 5.32 Å². The predicted octanol–water partition coefficient (Wildman–Crippen LogP) is 5.78. The largest absolute Gasteiger partial charge is 0.405 e. The highest BCUT2D eigenvalue weighted by molar-refractivity contribution is 7.21. The molecule has 1 aliphatic heterocycles. The fourth-order valence-electron chi connectivity index (χ4n) is 2.86. The van der Waals surface area contributed by atoms with Gasteiger partial charge >= 0.3 is 6.18 Å². The Kier molecular flexibility index (Phi) is 5.93. The second kappa shape index (κ2) is 8.24. The zero-order chi connectivity index (χ0) is 21.2. The lowest BCUT2D eigenvalue weighted by Gasteiger charge is -2.18. The summed E-state index contributed by atoms with van der Waals surface area (Å²) in [5.41, 5.74) is 2.77. The second-order valence-corrected chi connectivity index (χ2v) is 7.64. The molecule has 29 heavy (non-hydrogen) atoms. The second-order valence-electron chi connectivity index (χ2n) is 6.64. The van der Waals surface area contributed by atoms with E-state index in [1.807, 2.05) is 30.9 Å². The Balaban J connectivity index is 2.00. The average molecular weight is 419 g/mol. The summed E-state index contributed by atoms with van der Waals surface area (Å²) >= 11 is 1.20. The lowest BCUT2D eigenvalue weighted by atomic mass is 10.1. The van der Waals surface area contributed by atoms with E-state index in [0.29, 0.717) is 26.3 Å². The van der Waals surface area contributed by atoms with Gasteiger partial charge in [0.2, 0.25) is 0 Å². The first kappa shape index (κ1) is 20.9. The maximum atomic E-state index is 12.9. The summed E-state index contributed by atoms with van der Waals surface area (Å²) < 4.78 is 38.0. The molecule has 1 N–H and O–H groups in total. The Hall–Kier alpha value is -2.87. The third kappa shape index (κ3) is 4.76. The molecule has 8 heteroatoms. The highest BCUT2D eigenvalue weighted by Gasteiger charge is 2.28. The molecule has 3 heterocycles. The maximum Gasteiger partial charge on any atom is 0.405 e. The summed E-state index contributed by atoms with van der Waals surface area (Å²) in [5, 5.41) is 2.96. The van der Waals surface area contributed by atoms with Crippen molar-refractivity contribution >= 4 is 39.1 Å². The first-order valence-corrected chi connectivity index (χ1v) is 9.69. The van der Waals surface area contributed by atoms with E-state index in [1.165, 1.54) is 23.6 Å². The Morgan fingerprint density at radius 2 is 2.14 bits per heavy atom. The van der Waals surface area contributed by atoms with Crippen molar-refractivity contribution in [3.63, 3.8) is 0 Å². The van der Waals surface area contributed by atoms with Crippen molar-refractivity contribution in [2.45, 2.75) is 20.0 Å². The molecule has 0 aliphatic carbocycles. The van der Waals surface area contributed by atoms with Gasteiger partial charge in [0, 0.05) is 34.7 Å². The molecule has 0 fully saturated rings. The predicted molar refractivity (Wildman–Crippen MR) is 112 cm³/mol. The number of fused-ring (bicyclic) bond motifs is 3. The Morgan fingerprint density at radius 3 is 2.83 bits per heavy atom. The van der Waals surface area contributed by atoms with Gasteiger partial charge in [0.25, 0.3) is 0 Å². The van der Waals surface area contributed by atoms with Crippen molar-refractivity contribution in [1.29, 1.82) is 0 Å². The van der Waals surface area contributed by atoms with E-state index < -0.39 is 12.7 Å². The molecule has 4 nitrogen and oxygen atoms in total. The molecule has 0 unspecified atom stereocenters. The standard InChI is InChI=1S/C21H20F3N3OS/c1-4-13(2)5-6-14(3)27-10-8-15-18-16(26-12-21(22,23)24)7-9-25-20(18)29-19(15)17(28)11-27/h4-10H,1,11-12H2,2-3H3,(H,25,26)/b13-5-,14-6+. The number of aromatic nitrogens is 1. The molecule has 0 amide bonds. The van der Waals surface area contributed by atoms with Gasteiger partial charge in [-0.25, -0.2) is 4.98 Å². The number of thiophene rings is 1. The number of hydrogen-bond acceptors (Lipinski definition) is 5.